The third kappa shape index (κ3) is 4.38. The molecule has 198 valence electrons. The molecular weight excluding hydrogens is 549 g/mol. The number of aromatic nitrogens is 2. The zero-order valence-electron chi connectivity index (χ0n) is 22.2. The second-order valence-electron chi connectivity index (χ2n) is 9.90. The molecule has 0 unspecified atom stereocenters. The maximum Gasteiger partial charge on any atom is 0.216 e. The maximum absolute atomic E-state index is 12.9. The van der Waals surface area contributed by atoms with E-state index in [1.54, 1.807) is 35.6 Å². The summed E-state index contributed by atoms with van der Waals surface area (Å²) in [5.74, 6) is 0. The van der Waals surface area contributed by atoms with E-state index >= 15 is 0 Å². The first-order valence-corrected chi connectivity index (χ1v) is 14.6. The predicted octanol–water partition coefficient (Wildman–Crippen LogP) is 7.49. The molecule has 8 heteroatoms. The van der Waals surface area contributed by atoms with Crippen LogP contribution in [0.2, 0.25) is 0 Å². The lowest BCUT2D eigenvalue weighted by Gasteiger charge is -2.24. The van der Waals surface area contributed by atoms with Crippen LogP contribution in [0.3, 0.4) is 0 Å². The highest BCUT2D eigenvalue weighted by Crippen LogP contribution is 2.43. The molecular formula is C33H22N4O2S2. The van der Waals surface area contributed by atoms with E-state index in [-0.39, 0.29) is 16.2 Å². The molecule has 2 heterocycles. The molecule has 41 heavy (non-hydrogen) atoms. The summed E-state index contributed by atoms with van der Waals surface area (Å²) in [6.07, 6.45) is 0. The minimum Gasteiger partial charge on any atom is -0.302 e. The first-order chi connectivity index (χ1) is 20.0. The summed E-state index contributed by atoms with van der Waals surface area (Å²) in [6.45, 7) is 4.17. The average molecular weight is 571 g/mol. The van der Waals surface area contributed by atoms with E-state index in [2.05, 4.69) is 93.2 Å². The maximum atomic E-state index is 12.9. The number of fused-ring (bicyclic) bond motifs is 2. The quantitative estimate of drug-likeness (QED) is 0.214. The van der Waals surface area contributed by atoms with Crippen molar-refractivity contribution in [3.8, 4) is 10.4 Å². The van der Waals surface area contributed by atoms with Crippen molar-refractivity contribution in [3.05, 3.63) is 134 Å². The lowest BCUT2D eigenvalue weighted by atomic mass is 10.1. The Morgan fingerprint density at radius 3 is 1.85 bits per heavy atom. The highest BCUT2D eigenvalue weighted by Gasteiger charge is 2.19. The van der Waals surface area contributed by atoms with Crippen molar-refractivity contribution >= 4 is 66.9 Å². The molecule has 7 rings (SSSR count). The van der Waals surface area contributed by atoms with E-state index in [1.165, 1.54) is 11.1 Å². The topological polar surface area (TPSA) is 75.5 Å². The second-order valence-corrected chi connectivity index (χ2v) is 11.5. The normalized spacial score (nSPS) is 11.4. The third-order valence-electron chi connectivity index (χ3n) is 7.13. The summed E-state index contributed by atoms with van der Waals surface area (Å²) < 4.78 is 9.08. The molecule has 0 N–H and O–H groups in total. The molecule has 0 saturated heterocycles. The molecule has 5 aromatic carbocycles. The van der Waals surface area contributed by atoms with Gasteiger partial charge < -0.3 is 4.90 Å². The van der Waals surface area contributed by atoms with Crippen LogP contribution >= 0.6 is 23.1 Å². The van der Waals surface area contributed by atoms with Crippen molar-refractivity contribution in [1.82, 2.24) is 8.75 Å². The molecule has 0 bridgehead atoms. The molecule has 0 spiro atoms. The van der Waals surface area contributed by atoms with Gasteiger partial charge in [0.05, 0.1) is 17.4 Å². The molecule has 0 saturated carbocycles. The Bertz CT molecular complexity index is 2130. The highest BCUT2D eigenvalue weighted by atomic mass is 32.1. The molecule has 0 atom stereocenters. The largest absolute Gasteiger partial charge is 0.302 e. The summed E-state index contributed by atoms with van der Waals surface area (Å²) in [6, 6.07) is 31.8. The van der Waals surface area contributed by atoms with E-state index in [4.69, 9.17) is 0 Å². The summed E-state index contributed by atoms with van der Waals surface area (Å²) in [5.41, 5.74) is 6.49. The molecule has 2 aromatic heterocycles. The van der Waals surface area contributed by atoms with Crippen LogP contribution in [0.15, 0.2) is 112 Å². The number of thiophene rings is 1. The summed E-state index contributed by atoms with van der Waals surface area (Å²) in [4.78, 5) is 33.6. The minimum absolute atomic E-state index is 0.0847. The van der Waals surface area contributed by atoms with E-state index in [0.29, 0.717) is 27.5 Å². The Morgan fingerprint density at radius 1 is 0.659 bits per heavy atom. The van der Waals surface area contributed by atoms with Crippen LogP contribution in [0.25, 0.3) is 32.2 Å². The van der Waals surface area contributed by atoms with Crippen LogP contribution < -0.4 is 21.1 Å². The number of aryl methyl sites for hydroxylation is 2. The van der Waals surface area contributed by atoms with Gasteiger partial charge in [0.1, 0.15) is 16.0 Å². The molecule has 0 aliphatic heterocycles. The molecule has 0 radical (unpaired) electrons. The van der Waals surface area contributed by atoms with Gasteiger partial charge in [-0.2, -0.15) is 8.75 Å². The van der Waals surface area contributed by atoms with Gasteiger partial charge in [-0.3, -0.25) is 9.59 Å². The van der Waals surface area contributed by atoms with Crippen molar-refractivity contribution < 1.29 is 0 Å². The Morgan fingerprint density at radius 2 is 1.24 bits per heavy atom. The summed E-state index contributed by atoms with van der Waals surface area (Å²) >= 11 is 2.75. The number of hydrogen-bond acceptors (Lipinski definition) is 8. The molecule has 0 amide bonds. The van der Waals surface area contributed by atoms with Crippen molar-refractivity contribution in [2.75, 3.05) is 4.90 Å². The molecule has 0 aliphatic carbocycles. The molecule has 0 fully saturated rings. The number of nitrogens with zero attached hydrogens (tertiary/aromatic N) is 4. The van der Waals surface area contributed by atoms with E-state index in [0.717, 1.165) is 38.5 Å². The summed E-state index contributed by atoms with van der Waals surface area (Å²) in [7, 11) is 0. The van der Waals surface area contributed by atoms with Gasteiger partial charge in [-0.1, -0.05) is 59.7 Å². The standard InChI is InChI=1S/C33H22N4O2S2/c1-19-7-11-21(12-8-19)37(22-13-9-20(2)10-14-22)28-18-17-27(40-28)25-15-16-26(30-29(25)35-41-36-30)34-31-32(38)23-5-3-4-6-24(23)33(31)39/h3-18H,1-2H3. The van der Waals surface area contributed by atoms with Gasteiger partial charge in [0.25, 0.3) is 0 Å². The van der Waals surface area contributed by atoms with Gasteiger partial charge in [0.15, 0.2) is 5.36 Å². The molecule has 0 aliphatic rings. The Balaban J connectivity index is 1.33. The Labute approximate surface area is 243 Å². The smallest absolute Gasteiger partial charge is 0.216 e. The van der Waals surface area contributed by atoms with Crippen LogP contribution in [0.5, 0.6) is 0 Å². The first kappa shape index (κ1) is 25.2. The van der Waals surface area contributed by atoms with Gasteiger partial charge in [-0.15, -0.1) is 11.3 Å². The van der Waals surface area contributed by atoms with Crippen molar-refractivity contribution in [2.45, 2.75) is 13.8 Å². The van der Waals surface area contributed by atoms with Crippen molar-refractivity contribution in [1.29, 1.82) is 0 Å². The average Bonchev–Trinajstić information content (AvgIpc) is 3.73. The van der Waals surface area contributed by atoms with Crippen LogP contribution in [-0.4, -0.2) is 8.75 Å². The van der Waals surface area contributed by atoms with Crippen molar-refractivity contribution in [2.24, 2.45) is 4.99 Å². The minimum atomic E-state index is -0.360. The Hall–Kier alpha value is -4.79. The summed E-state index contributed by atoms with van der Waals surface area (Å²) in [5, 5.41) is 1.75. The van der Waals surface area contributed by atoms with Gasteiger partial charge >= 0.3 is 0 Å². The lowest BCUT2D eigenvalue weighted by Crippen LogP contribution is -2.31. The Kier molecular flexibility index (Phi) is 6.14. The van der Waals surface area contributed by atoms with Crippen LogP contribution in [0, 0.1) is 13.8 Å². The lowest BCUT2D eigenvalue weighted by molar-refractivity contribution is 1.29. The van der Waals surface area contributed by atoms with Crippen LogP contribution in [0.1, 0.15) is 11.1 Å². The fourth-order valence-electron chi connectivity index (χ4n) is 4.99. The fourth-order valence-corrected chi connectivity index (χ4v) is 6.63. The molecule has 6 nitrogen and oxygen atoms in total. The van der Waals surface area contributed by atoms with Crippen LogP contribution in [-0.2, 0) is 0 Å². The number of benzene rings is 4. The second kappa shape index (κ2) is 9.99. The zero-order chi connectivity index (χ0) is 28.1. The van der Waals surface area contributed by atoms with E-state index < -0.39 is 0 Å². The fraction of sp³-hybridized carbons (Fsp3) is 0.0606. The predicted molar refractivity (Wildman–Crippen MR) is 169 cm³/mol. The van der Waals surface area contributed by atoms with Gasteiger partial charge in [0.2, 0.25) is 10.9 Å². The SMILES string of the molecule is Cc1ccc(N(c2ccc(C)cc2)c2ccc(-c3ccc(N=c4c(=O)c5ccccc5c4=O)c4nsnc34)s2)cc1. The van der Waals surface area contributed by atoms with E-state index in [9.17, 15) is 9.59 Å². The van der Waals surface area contributed by atoms with Gasteiger partial charge in [0, 0.05) is 32.6 Å². The van der Waals surface area contributed by atoms with Gasteiger partial charge in [-0.25, -0.2) is 4.99 Å². The molecule has 7 aromatic rings. The zero-order valence-corrected chi connectivity index (χ0v) is 23.8. The third-order valence-corrected chi connectivity index (χ3v) is 8.77. The van der Waals surface area contributed by atoms with Crippen LogP contribution in [0.4, 0.5) is 22.1 Å². The van der Waals surface area contributed by atoms with Gasteiger partial charge in [-0.05, 0) is 62.4 Å². The highest BCUT2D eigenvalue weighted by molar-refractivity contribution is 7.19. The monoisotopic (exact) mass is 570 g/mol. The van der Waals surface area contributed by atoms with E-state index in [1.807, 2.05) is 12.1 Å². The number of anilines is 3. The first-order valence-electron chi connectivity index (χ1n) is 13.0. The van der Waals surface area contributed by atoms with Crippen molar-refractivity contribution in [3.63, 3.8) is 0 Å². The number of hydrogen-bond donors (Lipinski definition) is 0. The number of rotatable bonds is 5.